The van der Waals surface area contributed by atoms with Gasteiger partial charge in [-0.1, -0.05) is 0 Å². The molecule has 4 rings (SSSR count). The van der Waals surface area contributed by atoms with Crippen molar-refractivity contribution in [3.8, 4) is 0 Å². The summed E-state index contributed by atoms with van der Waals surface area (Å²) in [4.78, 5) is 0. The maximum Gasteiger partial charge on any atom is 0.136 e. The number of fused-ring (bicyclic) bond motifs is 1. The Hall–Kier alpha value is 0.110. The first-order valence-electron chi connectivity index (χ1n) is 8.04. The highest BCUT2D eigenvalue weighted by molar-refractivity contribution is 8.00. The van der Waals surface area contributed by atoms with Gasteiger partial charge in [0.25, 0.3) is 0 Å². The number of nitrogens with one attached hydrogen (secondary N) is 5. The summed E-state index contributed by atoms with van der Waals surface area (Å²) in [6.45, 7) is 4.67. The van der Waals surface area contributed by atoms with Crippen molar-refractivity contribution in [1.82, 2.24) is 31.9 Å². The summed E-state index contributed by atoms with van der Waals surface area (Å²) in [5.74, 6) is 1.50. The van der Waals surface area contributed by atoms with Crippen molar-refractivity contribution in [1.29, 1.82) is 0 Å². The Morgan fingerprint density at radius 3 is 2.60 bits per heavy atom. The SMILES string of the molecule is C1CNCC(C2NNC3SC(C4CCNCC4)NN32)C1. The minimum atomic E-state index is 0.391. The van der Waals surface area contributed by atoms with Crippen LogP contribution in [0.1, 0.15) is 25.7 Å². The van der Waals surface area contributed by atoms with Crippen LogP contribution in [0.15, 0.2) is 0 Å². The van der Waals surface area contributed by atoms with E-state index in [1.54, 1.807) is 0 Å². The average Bonchev–Trinajstić information content (AvgIpc) is 3.09. The number of hydrogen-bond donors (Lipinski definition) is 5. The van der Waals surface area contributed by atoms with Crippen LogP contribution in [0, 0.1) is 11.8 Å². The van der Waals surface area contributed by atoms with Gasteiger partial charge in [-0.05, 0) is 51.2 Å². The molecule has 0 aliphatic carbocycles. The zero-order valence-corrected chi connectivity index (χ0v) is 12.7. The molecule has 0 aromatic rings. The summed E-state index contributed by atoms with van der Waals surface area (Å²) in [6, 6.07) is 0. The summed E-state index contributed by atoms with van der Waals surface area (Å²) < 4.78 is 0. The number of hydrazine groups is 2. The van der Waals surface area contributed by atoms with Gasteiger partial charge in [0.05, 0.1) is 11.5 Å². The van der Waals surface area contributed by atoms with Crippen molar-refractivity contribution < 1.29 is 0 Å². The monoisotopic (exact) mass is 298 g/mol. The van der Waals surface area contributed by atoms with E-state index in [-0.39, 0.29) is 0 Å². The predicted molar refractivity (Wildman–Crippen MR) is 81.4 cm³/mol. The van der Waals surface area contributed by atoms with E-state index in [0.717, 1.165) is 12.5 Å². The van der Waals surface area contributed by atoms with Crippen LogP contribution in [0.5, 0.6) is 0 Å². The van der Waals surface area contributed by atoms with Gasteiger partial charge in [-0.2, -0.15) is 5.01 Å². The summed E-state index contributed by atoms with van der Waals surface area (Å²) in [7, 11) is 0. The highest BCUT2D eigenvalue weighted by atomic mass is 32.2. The summed E-state index contributed by atoms with van der Waals surface area (Å²) in [5, 5.41) is 10.0. The van der Waals surface area contributed by atoms with Gasteiger partial charge < -0.3 is 10.6 Å². The van der Waals surface area contributed by atoms with E-state index in [1.807, 2.05) is 11.8 Å². The molecule has 4 aliphatic heterocycles. The molecular weight excluding hydrogens is 272 g/mol. The number of thioether (sulfide) groups is 1. The highest BCUT2D eigenvalue weighted by Crippen LogP contribution is 2.37. The van der Waals surface area contributed by atoms with Gasteiger partial charge in [-0.15, -0.1) is 11.8 Å². The van der Waals surface area contributed by atoms with Crippen LogP contribution in [-0.2, 0) is 0 Å². The normalized spacial score (nSPS) is 43.8. The maximum absolute atomic E-state index is 3.79. The first kappa shape index (κ1) is 13.8. The van der Waals surface area contributed by atoms with Crippen LogP contribution in [0.25, 0.3) is 0 Å². The number of piperidine rings is 2. The lowest BCUT2D eigenvalue weighted by Gasteiger charge is -2.34. The molecule has 0 aromatic carbocycles. The highest BCUT2D eigenvalue weighted by Gasteiger charge is 2.46. The standard InChI is InChI=1S/C13H26N6S/c1-2-10(8-15-5-1)11-16-17-13-19(11)18-12(20-13)9-3-6-14-7-4-9/h9-18H,1-8H2. The molecule has 4 fully saturated rings. The van der Waals surface area contributed by atoms with Crippen molar-refractivity contribution >= 4 is 11.8 Å². The Morgan fingerprint density at radius 1 is 0.900 bits per heavy atom. The minimum Gasteiger partial charge on any atom is -0.317 e. The maximum atomic E-state index is 3.79. The second-order valence-corrected chi connectivity index (χ2v) is 7.60. The van der Waals surface area contributed by atoms with Gasteiger partial charge in [0.15, 0.2) is 0 Å². The molecule has 7 heteroatoms. The van der Waals surface area contributed by atoms with Crippen molar-refractivity contribution in [3.63, 3.8) is 0 Å². The van der Waals surface area contributed by atoms with Gasteiger partial charge in [0, 0.05) is 12.5 Å². The lowest BCUT2D eigenvalue weighted by atomic mass is 9.96. The van der Waals surface area contributed by atoms with Crippen LogP contribution < -0.4 is 26.9 Å². The first-order chi connectivity index (χ1) is 9.92. The summed E-state index contributed by atoms with van der Waals surface area (Å²) in [5.41, 5.74) is 11.1. The molecule has 0 aromatic heterocycles. The van der Waals surface area contributed by atoms with Crippen molar-refractivity contribution in [2.24, 2.45) is 11.8 Å². The fraction of sp³-hybridized carbons (Fsp3) is 1.00. The molecule has 114 valence electrons. The third-order valence-corrected chi connectivity index (χ3v) is 6.44. The molecule has 0 spiro atoms. The van der Waals surface area contributed by atoms with Crippen molar-refractivity contribution in [2.45, 2.75) is 42.7 Å². The number of hydrogen-bond acceptors (Lipinski definition) is 7. The third kappa shape index (κ3) is 2.61. The fourth-order valence-corrected chi connectivity index (χ4v) is 5.28. The number of nitrogens with zero attached hydrogens (tertiary/aromatic N) is 1. The van der Waals surface area contributed by atoms with E-state index in [4.69, 9.17) is 0 Å². The molecule has 4 heterocycles. The molecule has 4 atom stereocenters. The second kappa shape index (κ2) is 6.08. The van der Waals surface area contributed by atoms with Crippen molar-refractivity contribution in [3.05, 3.63) is 0 Å². The molecule has 0 bridgehead atoms. The number of rotatable bonds is 2. The Bertz CT molecular complexity index is 331. The van der Waals surface area contributed by atoms with E-state index in [1.165, 1.54) is 45.3 Å². The predicted octanol–water partition coefficient (Wildman–Crippen LogP) is -0.417. The molecule has 4 saturated heterocycles. The quantitative estimate of drug-likeness (QED) is 0.475. The van der Waals surface area contributed by atoms with E-state index < -0.39 is 0 Å². The first-order valence-corrected chi connectivity index (χ1v) is 8.98. The summed E-state index contributed by atoms with van der Waals surface area (Å²) in [6.07, 6.45) is 5.64. The molecule has 0 saturated carbocycles. The van der Waals surface area contributed by atoms with E-state index >= 15 is 0 Å². The van der Waals surface area contributed by atoms with Crippen molar-refractivity contribution in [2.75, 3.05) is 26.2 Å². The fourth-order valence-electron chi connectivity index (χ4n) is 3.86. The van der Waals surface area contributed by atoms with Gasteiger partial charge >= 0.3 is 0 Å². The molecule has 5 N–H and O–H groups in total. The van der Waals surface area contributed by atoms with Crippen LogP contribution in [0.2, 0.25) is 0 Å². The Kier molecular flexibility index (Phi) is 4.18. The van der Waals surface area contributed by atoms with Gasteiger partial charge in [0.1, 0.15) is 5.50 Å². The van der Waals surface area contributed by atoms with Crippen LogP contribution in [0.4, 0.5) is 0 Å². The Balaban J connectivity index is 1.38. The van der Waals surface area contributed by atoms with Gasteiger partial charge in [0.2, 0.25) is 0 Å². The molecule has 4 aliphatic rings. The summed E-state index contributed by atoms with van der Waals surface area (Å²) >= 11 is 2.05. The van der Waals surface area contributed by atoms with Gasteiger partial charge in [-0.25, -0.2) is 16.3 Å². The average molecular weight is 298 g/mol. The lowest BCUT2D eigenvalue weighted by molar-refractivity contribution is 0.0884. The minimum absolute atomic E-state index is 0.391. The molecule has 20 heavy (non-hydrogen) atoms. The lowest BCUT2D eigenvalue weighted by Crippen LogP contribution is -2.54. The third-order valence-electron chi connectivity index (χ3n) is 5.05. The smallest absolute Gasteiger partial charge is 0.136 e. The topological polar surface area (TPSA) is 63.4 Å². The van der Waals surface area contributed by atoms with Crippen LogP contribution in [0.3, 0.4) is 0 Å². The van der Waals surface area contributed by atoms with Crippen LogP contribution >= 0.6 is 11.8 Å². The Morgan fingerprint density at radius 2 is 1.80 bits per heavy atom. The molecule has 0 radical (unpaired) electrons. The van der Waals surface area contributed by atoms with E-state index in [2.05, 4.69) is 31.9 Å². The van der Waals surface area contributed by atoms with E-state index in [0.29, 0.717) is 23.0 Å². The molecule has 0 amide bonds. The zero-order chi connectivity index (χ0) is 13.4. The second-order valence-electron chi connectivity index (χ2n) is 6.37. The molecule has 6 nitrogen and oxygen atoms in total. The van der Waals surface area contributed by atoms with Gasteiger partial charge in [-0.3, -0.25) is 0 Å². The van der Waals surface area contributed by atoms with E-state index in [9.17, 15) is 0 Å². The zero-order valence-electron chi connectivity index (χ0n) is 11.9. The molecular formula is C13H26N6S. The molecule has 4 unspecified atom stereocenters. The largest absolute Gasteiger partial charge is 0.317 e. The Labute approximate surface area is 125 Å². The van der Waals surface area contributed by atoms with Crippen LogP contribution in [-0.4, -0.2) is 48.2 Å².